The second kappa shape index (κ2) is 5.50. The van der Waals surface area contributed by atoms with E-state index in [1.165, 1.54) is 17.7 Å². The Kier molecular flexibility index (Phi) is 3.26. The summed E-state index contributed by atoms with van der Waals surface area (Å²) in [6.45, 7) is 2.03. The van der Waals surface area contributed by atoms with Crippen molar-refractivity contribution in [2.75, 3.05) is 0 Å². The van der Waals surface area contributed by atoms with Crippen LogP contribution in [0.15, 0.2) is 43.0 Å². The van der Waals surface area contributed by atoms with Gasteiger partial charge in [0.15, 0.2) is 0 Å². The van der Waals surface area contributed by atoms with Gasteiger partial charge in [0.25, 0.3) is 0 Å². The summed E-state index contributed by atoms with van der Waals surface area (Å²) in [5.41, 5.74) is 3.52. The molecule has 0 saturated heterocycles. The molecule has 1 aromatic carbocycles. The number of rotatable bonds is 4. The molecule has 1 atom stereocenters. The van der Waals surface area contributed by atoms with E-state index in [4.69, 9.17) is 0 Å². The van der Waals surface area contributed by atoms with Gasteiger partial charge in [-0.2, -0.15) is 0 Å². The Morgan fingerprint density at radius 2 is 2.12 bits per heavy atom. The minimum absolute atomic E-state index is 0.554. The van der Waals surface area contributed by atoms with Gasteiger partial charge in [-0.3, -0.25) is 4.40 Å². The molecule has 0 radical (unpaired) electrons. The number of aliphatic hydroxyl groups is 1. The van der Waals surface area contributed by atoms with Crippen molar-refractivity contribution in [1.82, 2.24) is 24.4 Å². The number of imidazole rings is 1. The summed E-state index contributed by atoms with van der Waals surface area (Å²) in [7, 11) is 0. The minimum Gasteiger partial charge on any atom is -0.380 e. The lowest BCUT2D eigenvalue weighted by Crippen LogP contribution is -2.06. The average Bonchev–Trinajstić information content (AvgIpc) is 3.04. The number of aromatic nitrogens is 5. The number of benzene rings is 1. The maximum absolute atomic E-state index is 11.0. The van der Waals surface area contributed by atoms with E-state index < -0.39 is 6.10 Å². The Labute approximate surface area is 148 Å². The van der Waals surface area contributed by atoms with E-state index in [0.29, 0.717) is 11.6 Å². The second-order valence-corrected chi connectivity index (χ2v) is 7.57. The van der Waals surface area contributed by atoms with Gasteiger partial charge in [0.1, 0.15) is 23.0 Å². The van der Waals surface area contributed by atoms with Gasteiger partial charge < -0.3 is 5.11 Å². The first-order valence-electron chi connectivity index (χ1n) is 8.33. The fourth-order valence-electron chi connectivity index (χ4n) is 3.21. The van der Waals surface area contributed by atoms with E-state index in [-0.39, 0.29) is 0 Å². The molecule has 3 aromatic heterocycles. The number of hydrogen-bond donors (Lipinski definition) is 1. The first-order chi connectivity index (χ1) is 12.2. The molecule has 0 spiro atoms. The molecule has 126 valence electrons. The normalized spacial score (nSPS) is 15.8. The lowest BCUT2D eigenvalue weighted by molar-refractivity contribution is 0.208. The van der Waals surface area contributed by atoms with Crippen LogP contribution < -0.4 is 0 Å². The summed E-state index contributed by atoms with van der Waals surface area (Å²) in [6.07, 6.45) is 6.99. The summed E-state index contributed by atoms with van der Waals surface area (Å²) in [6, 6.07) is 7.99. The molecular formula is C18H17N5OS. The predicted molar refractivity (Wildman–Crippen MR) is 95.2 cm³/mol. The third-order valence-corrected chi connectivity index (χ3v) is 5.97. The van der Waals surface area contributed by atoms with Gasteiger partial charge in [0, 0.05) is 4.88 Å². The Morgan fingerprint density at radius 1 is 1.28 bits per heavy atom. The van der Waals surface area contributed by atoms with Crippen LogP contribution in [0.4, 0.5) is 0 Å². The number of aliphatic hydroxyl groups excluding tert-OH is 1. The van der Waals surface area contributed by atoms with Crippen LogP contribution in [-0.2, 0) is 0 Å². The zero-order valence-corrected chi connectivity index (χ0v) is 14.5. The molecule has 0 bridgehead atoms. The molecule has 0 amide bonds. The van der Waals surface area contributed by atoms with E-state index in [1.807, 2.05) is 48.0 Å². The van der Waals surface area contributed by atoms with Crippen LogP contribution in [0.5, 0.6) is 0 Å². The maximum Gasteiger partial charge on any atom is 0.141 e. The molecule has 5 rings (SSSR count). The van der Waals surface area contributed by atoms with E-state index >= 15 is 0 Å². The molecule has 6 nitrogen and oxygen atoms in total. The molecular weight excluding hydrogens is 334 g/mol. The molecule has 25 heavy (non-hydrogen) atoms. The van der Waals surface area contributed by atoms with Crippen LogP contribution in [-0.4, -0.2) is 29.5 Å². The Bertz CT molecular complexity index is 1060. The number of aryl methyl sites for hydroxylation is 1. The van der Waals surface area contributed by atoms with Crippen LogP contribution in [0, 0.1) is 6.92 Å². The van der Waals surface area contributed by atoms with Crippen molar-refractivity contribution in [3.63, 3.8) is 0 Å². The highest BCUT2D eigenvalue weighted by Gasteiger charge is 2.33. The second-order valence-electron chi connectivity index (χ2n) is 6.50. The standard InChI is InChI=1S/C18H17N5OS/c1-11-4-2-3-5-14(11)23-9-13(20-21-23)17(24)16-18(12-6-7-12)25-15-8-19-10-22(15)16/h2-5,8-10,12,17,24H,6-7H2,1H3. The van der Waals surface area contributed by atoms with Gasteiger partial charge in [-0.15, -0.1) is 16.4 Å². The van der Waals surface area contributed by atoms with E-state index in [9.17, 15) is 5.11 Å². The fourth-order valence-corrected chi connectivity index (χ4v) is 4.51. The van der Waals surface area contributed by atoms with E-state index in [2.05, 4.69) is 15.3 Å². The van der Waals surface area contributed by atoms with Crippen LogP contribution in [0.25, 0.3) is 10.5 Å². The number of nitrogens with zero attached hydrogens (tertiary/aromatic N) is 5. The summed E-state index contributed by atoms with van der Waals surface area (Å²) in [4.78, 5) is 6.51. The molecule has 1 aliphatic carbocycles. The number of fused-ring (bicyclic) bond motifs is 1. The third-order valence-electron chi connectivity index (χ3n) is 4.69. The molecule has 4 aromatic rings. The quantitative estimate of drug-likeness (QED) is 0.613. The molecule has 1 aliphatic rings. The summed E-state index contributed by atoms with van der Waals surface area (Å²) in [5, 5.41) is 19.5. The molecule has 1 unspecified atom stereocenters. The third kappa shape index (κ3) is 2.39. The Morgan fingerprint density at radius 3 is 2.92 bits per heavy atom. The van der Waals surface area contributed by atoms with Gasteiger partial charge in [-0.1, -0.05) is 23.4 Å². The highest BCUT2D eigenvalue weighted by molar-refractivity contribution is 7.17. The van der Waals surface area contributed by atoms with Crippen LogP contribution in [0.3, 0.4) is 0 Å². The smallest absolute Gasteiger partial charge is 0.141 e. The molecule has 3 heterocycles. The van der Waals surface area contributed by atoms with Crippen LogP contribution >= 0.6 is 11.3 Å². The monoisotopic (exact) mass is 351 g/mol. The van der Waals surface area contributed by atoms with Gasteiger partial charge in [0.05, 0.1) is 23.8 Å². The van der Waals surface area contributed by atoms with E-state index in [0.717, 1.165) is 21.8 Å². The molecule has 1 saturated carbocycles. The lowest BCUT2D eigenvalue weighted by Gasteiger charge is -2.09. The summed E-state index contributed by atoms with van der Waals surface area (Å²) < 4.78 is 3.71. The van der Waals surface area contributed by atoms with Crippen molar-refractivity contribution in [2.45, 2.75) is 31.8 Å². The van der Waals surface area contributed by atoms with Crippen molar-refractivity contribution in [3.8, 4) is 5.69 Å². The number of para-hydroxylation sites is 1. The Hall–Kier alpha value is -2.51. The van der Waals surface area contributed by atoms with Gasteiger partial charge in [-0.25, -0.2) is 9.67 Å². The van der Waals surface area contributed by atoms with Crippen molar-refractivity contribution in [2.24, 2.45) is 0 Å². The molecule has 1 fully saturated rings. The van der Waals surface area contributed by atoms with E-state index in [1.54, 1.807) is 22.3 Å². The van der Waals surface area contributed by atoms with Crippen LogP contribution in [0.2, 0.25) is 0 Å². The van der Waals surface area contributed by atoms with Crippen LogP contribution in [0.1, 0.15) is 46.7 Å². The van der Waals surface area contributed by atoms with Crippen molar-refractivity contribution in [1.29, 1.82) is 0 Å². The van der Waals surface area contributed by atoms with Crippen molar-refractivity contribution in [3.05, 3.63) is 64.8 Å². The average molecular weight is 351 g/mol. The molecule has 0 aliphatic heterocycles. The minimum atomic E-state index is -0.809. The SMILES string of the molecule is Cc1ccccc1-n1cc(C(O)c2c(C3CC3)sc3cncn23)nn1. The highest BCUT2D eigenvalue weighted by atomic mass is 32.1. The molecule has 7 heteroatoms. The zero-order chi connectivity index (χ0) is 17.0. The highest BCUT2D eigenvalue weighted by Crippen LogP contribution is 2.47. The first kappa shape index (κ1) is 14.8. The number of hydrogen-bond acceptors (Lipinski definition) is 5. The van der Waals surface area contributed by atoms with Gasteiger partial charge in [-0.05, 0) is 37.3 Å². The maximum atomic E-state index is 11.0. The predicted octanol–water partition coefficient (Wildman–Crippen LogP) is 3.24. The topological polar surface area (TPSA) is 68.2 Å². The fraction of sp³-hybridized carbons (Fsp3) is 0.278. The largest absolute Gasteiger partial charge is 0.380 e. The number of thiazole rings is 1. The van der Waals surface area contributed by atoms with Gasteiger partial charge in [0.2, 0.25) is 0 Å². The van der Waals surface area contributed by atoms with Gasteiger partial charge >= 0.3 is 0 Å². The lowest BCUT2D eigenvalue weighted by atomic mass is 10.1. The van der Waals surface area contributed by atoms with Crippen molar-refractivity contribution < 1.29 is 5.11 Å². The first-order valence-corrected chi connectivity index (χ1v) is 9.15. The molecule has 1 N–H and O–H groups in total. The summed E-state index contributed by atoms with van der Waals surface area (Å²) >= 11 is 1.72. The zero-order valence-electron chi connectivity index (χ0n) is 13.7. The Balaban J connectivity index is 1.57. The van der Waals surface area contributed by atoms with Crippen molar-refractivity contribution >= 4 is 16.2 Å². The summed E-state index contributed by atoms with van der Waals surface area (Å²) in [5.74, 6) is 0.556.